The molecule has 0 aromatic heterocycles. The lowest BCUT2D eigenvalue weighted by atomic mass is 9.81. The van der Waals surface area contributed by atoms with Gasteiger partial charge >= 0.3 is 5.97 Å². The van der Waals surface area contributed by atoms with Crippen LogP contribution in [0.5, 0.6) is 0 Å². The summed E-state index contributed by atoms with van der Waals surface area (Å²) >= 11 is 0. The Labute approximate surface area is 157 Å². The summed E-state index contributed by atoms with van der Waals surface area (Å²) in [6.45, 7) is 9.32. The number of aliphatic hydroxyl groups excluding tert-OH is 2. The Morgan fingerprint density at radius 1 is 1.27 bits per heavy atom. The lowest BCUT2D eigenvalue weighted by Gasteiger charge is -2.32. The second-order valence-electron chi connectivity index (χ2n) is 7.65. The molecule has 4 unspecified atom stereocenters. The van der Waals surface area contributed by atoms with Crippen LogP contribution in [0, 0.1) is 5.92 Å². The van der Waals surface area contributed by atoms with Crippen LogP contribution in [-0.2, 0) is 9.53 Å². The molecule has 4 atom stereocenters. The average Bonchev–Trinajstić information content (AvgIpc) is 2.60. The van der Waals surface area contributed by atoms with Crippen molar-refractivity contribution in [1.29, 1.82) is 0 Å². The van der Waals surface area contributed by atoms with E-state index < -0.39 is 23.8 Å². The van der Waals surface area contributed by atoms with Crippen molar-refractivity contribution in [3.63, 3.8) is 0 Å². The number of carbonyl (C=O) groups excluding carboxylic acids is 1. The minimum atomic E-state index is -1.27. The number of methoxy groups -OCH3 is 1. The predicted octanol–water partition coefficient (Wildman–Crippen LogP) is 3.05. The van der Waals surface area contributed by atoms with Gasteiger partial charge in [-0.15, -0.1) is 0 Å². The maximum absolute atomic E-state index is 11.9. The van der Waals surface area contributed by atoms with Gasteiger partial charge in [-0.05, 0) is 70.8 Å². The molecular weight excluding hydrogens is 332 g/mol. The van der Waals surface area contributed by atoms with Crippen molar-refractivity contribution >= 4 is 5.97 Å². The maximum atomic E-state index is 11.9. The number of aliphatic hydroxyl groups is 3. The van der Waals surface area contributed by atoms with E-state index in [1.807, 2.05) is 19.9 Å². The molecule has 0 fully saturated rings. The summed E-state index contributed by atoms with van der Waals surface area (Å²) < 4.78 is 4.77. The molecule has 0 saturated carbocycles. The van der Waals surface area contributed by atoms with Crippen molar-refractivity contribution in [2.75, 3.05) is 7.11 Å². The van der Waals surface area contributed by atoms with E-state index in [1.165, 1.54) is 7.11 Å². The average molecular weight is 366 g/mol. The maximum Gasteiger partial charge on any atom is 0.333 e. The largest absolute Gasteiger partial charge is 0.466 e. The number of allylic oxidation sites excluding steroid dienone is 3. The van der Waals surface area contributed by atoms with E-state index in [4.69, 9.17) is 4.74 Å². The minimum absolute atomic E-state index is 0.285. The number of hydrogen-bond donors (Lipinski definition) is 3. The van der Waals surface area contributed by atoms with Gasteiger partial charge in [0.15, 0.2) is 0 Å². The quantitative estimate of drug-likeness (QED) is 0.397. The molecule has 0 spiro atoms. The fourth-order valence-corrected chi connectivity index (χ4v) is 3.18. The Kier molecular flexibility index (Phi) is 8.74. The molecule has 0 bridgehead atoms. The van der Waals surface area contributed by atoms with E-state index in [0.717, 1.165) is 11.1 Å². The number of hydrogen-bond acceptors (Lipinski definition) is 5. The molecule has 5 heteroatoms. The van der Waals surface area contributed by atoms with Crippen molar-refractivity contribution < 1.29 is 24.9 Å². The Hall–Kier alpha value is -1.43. The lowest BCUT2D eigenvalue weighted by molar-refractivity contribution is -0.137. The van der Waals surface area contributed by atoms with E-state index in [1.54, 1.807) is 6.92 Å². The number of ether oxygens (including phenoxy) is 1. The SMILES string of the molecule is C=C(C(=O)OC)C1CCC(C)(O)C(O)CCC(C)=CCC=C(C)C(O)C1. The van der Waals surface area contributed by atoms with Crippen LogP contribution in [0.3, 0.4) is 0 Å². The first kappa shape index (κ1) is 22.6. The van der Waals surface area contributed by atoms with E-state index >= 15 is 0 Å². The zero-order chi connectivity index (χ0) is 19.9. The molecule has 1 aliphatic rings. The predicted molar refractivity (Wildman–Crippen MR) is 102 cm³/mol. The highest BCUT2D eigenvalue weighted by Crippen LogP contribution is 2.30. The van der Waals surface area contributed by atoms with Crippen molar-refractivity contribution in [1.82, 2.24) is 0 Å². The van der Waals surface area contributed by atoms with Crippen LogP contribution in [-0.4, -0.2) is 46.2 Å². The van der Waals surface area contributed by atoms with Crippen LogP contribution in [0.15, 0.2) is 35.5 Å². The van der Waals surface area contributed by atoms with Crippen LogP contribution in [0.1, 0.15) is 59.3 Å². The summed E-state index contributed by atoms with van der Waals surface area (Å²) in [7, 11) is 1.30. The van der Waals surface area contributed by atoms with Crippen molar-refractivity contribution in [3.05, 3.63) is 35.5 Å². The summed E-state index contributed by atoms with van der Waals surface area (Å²) in [5, 5.41) is 31.6. The monoisotopic (exact) mass is 366 g/mol. The first-order valence-electron chi connectivity index (χ1n) is 9.26. The summed E-state index contributed by atoms with van der Waals surface area (Å²) in [6, 6.07) is 0. The van der Waals surface area contributed by atoms with E-state index in [9.17, 15) is 20.1 Å². The molecule has 0 amide bonds. The van der Waals surface area contributed by atoms with Gasteiger partial charge in [-0.25, -0.2) is 4.79 Å². The van der Waals surface area contributed by atoms with E-state index in [0.29, 0.717) is 38.5 Å². The number of rotatable bonds is 2. The molecule has 0 aromatic rings. The van der Waals surface area contributed by atoms with Gasteiger partial charge in [0.1, 0.15) is 0 Å². The molecule has 26 heavy (non-hydrogen) atoms. The Morgan fingerprint density at radius 3 is 2.54 bits per heavy atom. The second kappa shape index (κ2) is 10.0. The van der Waals surface area contributed by atoms with Crippen LogP contribution in [0.2, 0.25) is 0 Å². The summed E-state index contributed by atoms with van der Waals surface area (Å²) in [6.07, 6.45) is 5.41. The van der Waals surface area contributed by atoms with Crippen molar-refractivity contribution in [2.45, 2.75) is 77.1 Å². The summed E-state index contributed by atoms with van der Waals surface area (Å²) in [5.41, 5.74) is 1.01. The molecule has 0 aromatic carbocycles. The van der Waals surface area contributed by atoms with Crippen molar-refractivity contribution in [2.24, 2.45) is 5.92 Å². The van der Waals surface area contributed by atoms with Gasteiger partial charge in [0.2, 0.25) is 0 Å². The first-order valence-corrected chi connectivity index (χ1v) is 9.26. The molecule has 0 radical (unpaired) electrons. The minimum Gasteiger partial charge on any atom is -0.466 e. The summed E-state index contributed by atoms with van der Waals surface area (Å²) in [5.74, 6) is -0.844. The van der Waals surface area contributed by atoms with Gasteiger partial charge in [-0.1, -0.05) is 24.3 Å². The van der Waals surface area contributed by atoms with Gasteiger partial charge in [0.25, 0.3) is 0 Å². The van der Waals surface area contributed by atoms with Gasteiger partial charge in [0.05, 0.1) is 24.9 Å². The molecule has 3 N–H and O–H groups in total. The molecule has 5 nitrogen and oxygen atoms in total. The standard InChI is InChI=1S/C21H34O5/c1-14-7-6-8-15(2)18(22)13-17(16(3)20(24)26-5)11-12-21(4,25)19(23)10-9-14/h7-8,17-19,22-23,25H,3,6,9-13H2,1-2,4-5H3. The smallest absolute Gasteiger partial charge is 0.333 e. The van der Waals surface area contributed by atoms with E-state index in [-0.39, 0.29) is 11.5 Å². The van der Waals surface area contributed by atoms with Gasteiger partial charge in [-0.2, -0.15) is 0 Å². The lowest BCUT2D eigenvalue weighted by Crippen LogP contribution is -2.40. The second-order valence-corrected chi connectivity index (χ2v) is 7.65. The third-order valence-corrected chi connectivity index (χ3v) is 5.41. The van der Waals surface area contributed by atoms with Gasteiger partial charge in [0, 0.05) is 5.57 Å². The Bertz CT molecular complexity index is 559. The van der Waals surface area contributed by atoms with E-state index in [2.05, 4.69) is 12.7 Å². The molecular formula is C21H34O5. The number of carbonyl (C=O) groups is 1. The molecule has 0 aliphatic heterocycles. The molecule has 0 saturated heterocycles. The summed E-state index contributed by atoms with van der Waals surface area (Å²) in [4.78, 5) is 11.9. The third kappa shape index (κ3) is 6.71. The van der Waals surface area contributed by atoms with Crippen LogP contribution >= 0.6 is 0 Å². The van der Waals surface area contributed by atoms with Gasteiger partial charge in [-0.3, -0.25) is 0 Å². The fourth-order valence-electron chi connectivity index (χ4n) is 3.18. The fraction of sp³-hybridized carbons (Fsp3) is 0.667. The van der Waals surface area contributed by atoms with Crippen LogP contribution in [0.4, 0.5) is 0 Å². The zero-order valence-electron chi connectivity index (χ0n) is 16.5. The zero-order valence-corrected chi connectivity index (χ0v) is 16.5. The molecule has 0 heterocycles. The first-order chi connectivity index (χ1) is 12.1. The van der Waals surface area contributed by atoms with Gasteiger partial charge < -0.3 is 20.1 Å². The topological polar surface area (TPSA) is 87.0 Å². The Morgan fingerprint density at radius 2 is 1.92 bits per heavy atom. The van der Waals surface area contributed by atoms with Crippen molar-refractivity contribution in [3.8, 4) is 0 Å². The molecule has 1 rings (SSSR count). The van der Waals surface area contributed by atoms with Crippen LogP contribution < -0.4 is 0 Å². The van der Waals surface area contributed by atoms with Crippen LogP contribution in [0.25, 0.3) is 0 Å². The third-order valence-electron chi connectivity index (χ3n) is 5.41. The Balaban J connectivity index is 3.09. The highest BCUT2D eigenvalue weighted by atomic mass is 16.5. The highest BCUT2D eigenvalue weighted by molar-refractivity contribution is 5.88. The highest BCUT2D eigenvalue weighted by Gasteiger charge is 2.32. The normalized spacial score (nSPS) is 32.0. The molecule has 148 valence electrons. The number of esters is 1. The molecule has 1 aliphatic carbocycles.